The highest BCUT2D eigenvalue weighted by atomic mass is 35.5. The Morgan fingerprint density at radius 2 is 2.35 bits per heavy atom. The summed E-state index contributed by atoms with van der Waals surface area (Å²) < 4.78 is 18.9. The van der Waals surface area contributed by atoms with E-state index in [2.05, 4.69) is 5.32 Å². The van der Waals surface area contributed by atoms with Gasteiger partial charge in [-0.25, -0.2) is 4.39 Å². The maximum atomic E-state index is 13.7. The number of carbonyl (C=O) groups excluding carboxylic acids is 1. The lowest BCUT2D eigenvalue weighted by Gasteiger charge is -2.22. The minimum absolute atomic E-state index is 0.0504. The molecule has 110 valence electrons. The number of rotatable bonds is 4. The standard InChI is InChI=1S/C14H18ClFN2O2/c1-18(8-10-11(15)4-3-5-12(10)16)14(19)13-6-9(20-2)7-17-13/h3-5,9,13,17H,6-8H2,1-2H3. The number of ether oxygens (including phenoxy) is 1. The fraction of sp³-hybridized carbons (Fsp3) is 0.500. The zero-order chi connectivity index (χ0) is 14.7. The van der Waals surface area contributed by atoms with Crippen molar-refractivity contribution in [2.45, 2.75) is 25.1 Å². The topological polar surface area (TPSA) is 41.6 Å². The van der Waals surface area contributed by atoms with Gasteiger partial charge in [-0.15, -0.1) is 0 Å². The highest BCUT2D eigenvalue weighted by molar-refractivity contribution is 6.31. The van der Waals surface area contributed by atoms with Gasteiger partial charge in [0.1, 0.15) is 5.82 Å². The van der Waals surface area contributed by atoms with Gasteiger partial charge in [0.15, 0.2) is 0 Å². The predicted octanol–water partition coefficient (Wildman–Crippen LogP) is 1.81. The molecule has 1 heterocycles. The van der Waals surface area contributed by atoms with Gasteiger partial charge in [-0.1, -0.05) is 17.7 Å². The van der Waals surface area contributed by atoms with Gasteiger partial charge in [0, 0.05) is 37.8 Å². The van der Waals surface area contributed by atoms with Crippen LogP contribution in [0.1, 0.15) is 12.0 Å². The normalized spacial score (nSPS) is 22.0. The van der Waals surface area contributed by atoms with Gasteiger partial charge >= 0.3 is 0 Å². The molecular formula is C14H18ClFN2O2. The fourth-order valence-corrected chi connectivity index (χ4v) is 2.56. The van der Waals surface area contributed by atoms with Gasteiger partial charge in [0.05, 0.1) is 12.1 Å². The molecule has 0 radical (unpaired) electrons. The first-order valence-electron chi connectivity index (χ1n) is 6.47. The summed E-state index contributed by atoms with van der Waals surface area (Å²) in [4.78, 5) is 13.8. The Balaban J connectivity index is 2.01. The van der Waals surface area contributed by atoms with Crippen molar-refractivity contribution < 1.29 is 13.9 Å². The Morgan fingerprint density at radius 1 is 1.60 bits per heavy atom. The van der Waals surface area contributed by atoms with E-state index in [0.29, 0.717) is 23.6 Å². The van der Waals surface area contributed by atoms with E-state index in [9.17, 15) is 9.18 Å². The van der Waals surface area contributed by atoms with E-state index in [1.165, 1.54) is 11.0 Å². The summed E-state index contributed by atoms with van der Waals surface area (Å²) in [6, 6.07) is 4.22. The second-order valence-electron chi connectivity index (χ2n) is 4.95. The average Bonchev–Trinajstić information content (AvgIpc) is 2.90. The first-order chi connectivity index (χ1) is 9.52. The first-order valence-corrected chi connectivity index (χ1v) is 6.84. The number of nitrogens with one attached hydrogen (secondary N) is 1. The molecule has 1 saturated heterocycles. The van der Waals surface area contributed by atoms with Gasteiger partial charge in [-0.05, 0) is 18.6 Å². The summed E-state index contributed by atoms with van der Waals surface area (Å²) in [7, 11) is 3.27. The molecule has 1 N–H and O–H groups in total. The molecule has 1 aromatic rings. The first kappa shape index (κ1) is 15.2. The number of halogens is 2. The van der Waals surface area contributed by atoms with Crippen LogP contribution in [0.15, 0.2) is 18.2 Å². The van der Waals surface area contributed by atoms with Crippen molar-refractivity contribution in [2.24, 2.45) is 0 Å². The van der Waals surface area contributed by atoms with Gasteiger partial charge in [-0.2, -0.15) is 0 Å². The second-order valence-corrected chi connectivity index (χ2v) is 5.36. The minimum Gasteiger partial charge on any atom is -0.380 e. The Bertz CT molecular complexity index is 478. The SMILES string of the molecule is COC1CNC(C(=O)N(C)Cc2c(F)cccc2Cl)C1. The van der Waals surface area contributed by atoms with Crippen molar-refractivity contribution in [1.29, 1.82) is 0 Å². The van der Waals surface area contributed by atoms with Gasteiger partial charge in [0.2, 0.25) is 5.91 Å². The maximum absolute atomic E-state index is 13.7. The second kappa shape index (κ2) is 6.52. The van der Waals surface area contributed by atoms with Crippen molar-refractivity contribution in [1.82, 2.24) is 10.2 Å². The Morgan fingerprint density at radius 3 is 2.95 bits per heavy atom. The molecule has 0 aromatic heterocycles. The number of carbonyl (C=O) groups is 1. The van der Waals surface area contributed by atoms with Crippen LogP contribution < -0.4 is 5.32 Å². The Hall–Kier alpha value is -1.17. The molecule has 0 spiro atoms. The molecule has 2 rings (SSSR count). The van der Waals surface area contributed by atoms with E-state index >= 15 is 0 Å². The molecule has 20 heavy (non-hydrogen) atoms. The van der Waals surface area contributed by atoms with Crippen LogP contribution in [-0.4, -0.2) is 43.7 Å². The van der Waals surface area contributed by atoms with Gasteiger partial charge < -0.3 is 15.0 Å². The Labute approximate surface area is 122 Å². The largest absolute Gasteiger partial charge is 0.380 e. The van der Waals surface area contributed by atoms with Crippen LogP contribution in [0.5, 0.6) is 0 Å². The number of nitrogens with zero attached hydrogens (tertiary/aromatic N) is 1. The average molecular weight is 301 g/mol. The van der Waals surface area contributed by atoms with Crippen LogP contribution in [0.25, 0.3) is 0 Å². The third kappa shape index (κ3) is 3.29. The van der Waals surface area contributed by atoms with Crippen LogP contribution in [0.4, 0.5) is 4.39 Å². The molecule has 1 amide bonds. The minimum atomic E-state index is -0.397. The monoisotopic (exact) mass is 300 g/mol. The molecule has 1 aromatic carbocycles. The summed E-state index contributed by atoms with van der Waals surface area (Å²) >= 11 is 5.97. The summed E-state index contributed by atoms with van der Waals surface area (Å²) in [6.07, 6.45) is 0.680. The van der Waals surface area contributed by atoms with Crippen LogP contribution in [0.2, 0.25) is 5.02 Å². The lowest BCUT2D eigenvalue weighted by molar-refractivity contribution is -0.132. The molecule has 2 atom stereocenters. The zero-order valence-corrected chi connectivity index (χ0v) is 12.3. The predicted molar refractivity (Wildman–Crippen MR) is 75.1 cm³/mol. The number of amides is 1. The van der Waals surface area contributed by atoms with E-state index in [-0.39, 0.29) is 24.6 Å². The smallest absolute Gasteiger partial charge is 0.239 e. The summed E-state index contributed by atoms with van der Waals surface area (Å²) in [5.74, 6) is -0.477. The number of benzene rings is 1. The van der Waals surface area contributed by atoms with E-state index in [0.717, 1.165) is 0 Å². The lowest BCUT2D eigenvalue weighted by Crippen LogP contribution is -2.41. The number of hydrogen-bond donors (Lipinski definition) is 1. The number of likely N-dealkylation sites (N-methyl/N-ethyl adjacent to an activating group) is 1. The molecule has 4 nitrogen and oxygen atoms in total. The zero-order valence-electron chi connectivity index (χ0n) is 11.5. The van der Waals surface area contributed by atoms with Crippen LogP contribution in [-0.2, 0) is 16.1 Å². The molecule has 6 heteroatoms. The molecule has 0 saturated carbocycles. The van der Waals surface area contributed by atoms with Crippen molar-refractivity contribution in [3.63, 3.8) is 0 Å². The van der Waals surface area contributed by atoms with Crippen LogP contribution >= 0.6 is 11.6 Å². The van der Waals surface area contributed by atoms with Crippen molar-refractivity contribution in [2.75, 3.05) is 20.7 Å². The molecule has 0 bridgehead atoms. The molecule has 0 aliphatic carbocycles. The number of hydrogen-bond acceptors (Lipinski definition) is 3. The fourth-order valence-electron chi connectivity index (χ4n) is 2.34. The third-order valence-electron chi connectivity index (χ3n) is 3.56. The molecule has 1 aliphatic heterocycles. The quantitative estimate of drug-likeness (QED) is 0.922. The van der Waals surface area contributed by atoms with E-state index in [1.807, 2.05) is 0 Å². The van der Waals surface area contributed by atoms with E-state index < -0.39 is 5.82 Å². The third-order valence-corrected chi connectivity index (χ3v) is 3.91. The molecule has 1 fully saturated rings. The van der Waals surface area contributed by atoms with E-state index in [1.54, 1.807) is 26.3 Å². The highest BCUT2D eigenvalue weighted by Crippen LogP contribution is 2.21. The molecular weight excluding hydrogens is 283 g/mol. The number of methoxy groups -OCH3 is 1. The summed E-state index contributed by atoms with van der Waals surface area (Å²) in [6.45, 7) is 0.807. The van der Waals surface area contributed by atoms with Crippen LogP contribution in [0, 0.1) is 5.82 Å². The van der Waals surface area contributed by atoms with Crippen molar-refractivity contribution in [3.05, 3.63) is 34.6 Å². The summed E-state index contributed by atoms with van der Waals surface area (Å²) in [5, 5.41) is 3.44. The molecule has 1 aliphatic rings. The summed E-state index contributed by atoms with van der Waals surface area (Å²) in [5.41, 5.74) is 0.339. The molecule has 2 unspecified atom stereocenters. The highest BCUT2D eigenvalue weighted by Gasteiger charge is 2.31. The van der Waals surface area contributed by atoms with Crippen LogP contribution in [0.3, 0.4) is 0 Å². The lowest BCUT2D eigenvalue weighted by atomic mass is 10.1. The van der Waals surface area contributed by atoms with Gasteiger partial charge in [0.25, 0.3) is 0 Å². The van der Waals surface area contributed by atoms with E-state index in [4.69, 9.17) is 16.3 Å². The maximum Gasteiger partial charge on any atom is 0.239 e. The van der Waals surface area contributed by atoms with Crippen molar-refractivity contribution >= 4 is 17.5 Å². The Kier molecular flexibility index (Phi) is 4.96. The van der Waals surface area contributed by atoms with Gasteiger partial charge in [-0.3, -0.25) is 4.79 Å². The van der Waals surface area contributed by atoms with Crippen molar-refractivity contribution in [3.8, 4) is 0 Å².